The Kier molecular flexibility index (Phi) is 5.98. The smallest absolute Gasteiger partial charge is 0.334 e. The Morgan fingerprint density at radius 1 is 1.22 bits per heavy atom. The van der Waals surface area contributed by atoms with Gasteiger partial charge in [-0.15, -0.1) is 0 Å². The molecule has 3 rings (SSSR count). The molecule has 1 aromatic heterocycles. The third kappa shape index (κ3) is 4.07. The third-order valence-electron chi connectivity index (χ3n) is 5.73. The van der Waals surface area contributed by atoms with Crippen molar-refractivity contribution in [3.05, 3.63) is 15.8 Å². The molecule has 2 saturated heterocycles. The lowest BCUT2D eigenvalue weighted by Gasteiger charge is -2.38. The van der Waals surface area contributed by atoms with Gasteiger partial charge in [0.25, 0.3) is 0 Å². The molecule has 0 spiro atoms. The molecule has 0 aliphatic carbocycles. The van der Waals surface area contributed by atoms with Gasteiger partial charge in [-0.25, -0.2) is 4.68 Å². The lowest BCUT2D eigenvalue weighted by molar-refractivity contribution is -0.384. The fraction of sp³-hybridized carbons (Fsp3) is 0.778. The number of anilines is 1. The summed E-state index contributed by atoms with van der Waals surface area (Å²) in [6.07, 6.45) is 3.91. The first-order chi connectivity index (χ1) is 12.9. The first-order valence-electron chi connectivity index (χ1n) is 9.89. The molecule has 1 atom stereocenters. The zero-order valence-corrected chi connectivity index (χ0v) is 16.6. The van der Waals surface area contributed by atoms with E-state index in [4.69, 9.17) is 0 Å². The summed E-state index contributed by atoms with van der Waals surface area (Å²) in [5, 5.41) is 15.9. The highest BCUT2D eigenvalue weighted by Gasteiger charge is 2.32. The summed E-state index contributed by atoms with van der Waals surface area (Å²) in [5.74, 6) is 0.780. The number of carbonyl (C=O) groups excluding carboxylic acids is 1. The largest absolute Gasteiger partial charge is 0.349 e. The molecule has 0 saturated carbocycles. The van der Waals surface area contributed by atoms with Gasteiger partial charge >= 0.3 is 5.69 Å². The van der Waals surface area contributed by atoms with E-state index < -0.39 is 0 Å². The number of carbonyl (C=O) groups is 1. The van der Waals surface area contributed by atoms with Crippen LogP contribution < -0.4 is 4.90 Å². The van der Waals surface area contributed by atoms with Crippen molar-refractivity contribution in [2.24, 2.45) is 7.05 Å². The SMILES string of the molecule is CCc1nn(C)c(N2CCN(CC(=O)N3CCCCC3C)CC2)c1[N+](=O)[O-]. The molecule has 0 bridgehead atoms. The molecule has 0 aromatic carbocycles. The van der Waals surface area contributed by atoms with Crippen molar-refractivity contribution in [2.75, 3.05) is 44.2 Å². The number of hydrogen-bond donors (Lipinski definition) is 0. The molecule has 0 radical (unpaired) electrons. The van der Waals surface area contributed by atoms with Crippen molar-refractivity contribution >= 4 is 17.4 Å². The number of aryl methyl sites for hydroxylation is 2. The van der Waals surface area contributed by atoms with Gasteiger partial charge in [0, 0.05) is 45.8 Å². The monoisotopic (exact) mass is 378 g/mol. The highest BCUT2D eigenvalue weighted by molar-refractivity contribution is 5.78. The predicted molar refractivity (Wildman–Crippen MR) is 103 cm³/mol. The Hall–Kier alpha value is -2.16. The Morgan fingerprint density at radius 3 is 2.52 bits per heavy atom. The van der Waals surface area contributed by atoms with Gasteiger partial charge in [-0.05, 0) is 32.6 Å². The maximum atomic E-state index is 12.6. The second kappa shape index (κ2) is 8.24. The van der Waals surface area contributed by atoms with E-state index >= 15 is 0 Å². The molecule has 27 heavy (non-hydrogen) atoms. The zero-order chi connectivity index (χ0) is 19.6. The van der Waals surface area contributed by atoms with Gasteiger partial charge in [-0.1, -0.05) is 6.92 Å². The number of aromatic nitrogens is 2. The first-order valence-corrected chi connectivity index (χ1v) is 9.89. The van der Waals surface area contributed by atoms with Crippen LogP contribution in [-0.2, 0) is 18.3 Å². The second-order valence-electron chi connectivity index (χ2n) is 7.55. The minimum absolute atomic E-state index is 0.117. The van der Waals surface area contributed by atoms with Gasteiger partial charge in [0.1, 0.15) is 5.69 Å². The number of rotatable bonds is 5. The molecule has 2 aliphatic rings. The molecule has 1 amide bonds. The van der Waals surface area contributed by atoms with Crippen LogP contribution in [0.4, 0.5) is 11.5 Å². The normalized spacial score (nSPS) is 21.5. The van der Waals surface area contributed by atoms with E-state index in [9.17, 15) is 14.9 Å². The molecule has 2 aliphatic heterocycles. The van der Waals surface area contributed by atoms with Crippen LogP contribution in [0, 0.1) is 10.1 Å². The van der Waals surface area contributed by atoms with Crippen LogP contribution in [0.15, 0.2) is 0 Å². The summed E-state index contributed by atoms with van der Waals surface area (Å²) in [5.41, 5.74) is 0.640. The molecular weight excluding hydrogens is 348 g/mol. The van der Waals surface area contributed by atoms with Crippen LogP contribution in [-0.4, -0.2) is 75.7 Å². The Morgan fingerprint density at radius 2 is 1.93 bits per heavy atom. The minimum atomic E-state index is -0.325. The number of hydrogen-bond acceptors (Lipinski definition) is 6. The van der Waals surface area contributed by atoms with Gasteiger partial charge in [-0.2, -0.15) is 5.10 Å². The summed E-state index contributed by atoms with van der Waals surface area (Å²) < 4.78 is 1.62. The van der Waals surface area contributed by atoms with E-state index in [1.54, 1.807) is 11.7 Å². The lowest BCUT2D eigenvalue weighted by Crippen LogP contribution is -2.52. The van der Waals surface area contributed by atoms with Gasteiger partial charge in [0.05, 0.1) is 11.5 Å². The topological polar surface area (TPSA) is 87.8 Å². The van der Waals surface area contributed by atoms with Crippen LogP contribution in [0.1, 0.15) is 38.8 Å². The summed E-state index contributed by atoms with van der Waals surface area (Å²) >= 11 is 0. The number of piperidine rings is 1. The van der Waals surface area contributed by atoms with E-state index in [1.165, 1.54) is 6.42 Å². The van der Waals surface area contributed by atoms with Crippen LogP contribution in [0.5, 0.6) is 0 Å². The van der Waals surface area contributed by atoms with E-state index in [0.29, 0.717) is 43.6 Å². The molecule has 150 valence electrons. The van der Waals surface area contributed by atoms with E-state index in [1.807, 2.05) is 16.7 Å². The van der Waals surface area contributed by atoms with E-state index in [2.05, 4.69) is 16.9 Å². The van der Waals surface area contributed by atoms with Crippen molar-refractivity contribution in [1.82, 2.24) is 19.6 Å². The maximum Gasteiger partial charge on any atom is 0.334 e. The van der Waals surface area contributed by atoms with Crippen molar-refractivity contribution in [1.29, 1.82) is 0 Å². The molecule has 2 fully saturated rings. The molecule has 1 aromatic rings. The third-order valence-corrected chi connectivity index (χ3v) is 5.73. The van der Waals surface area contributed by atoms with Crippen molar-refractivity contribution in [2.45, 2.75) is 45.6 Å². The summed E-state index contributed by atoms with van der Waals surface area (Å²) in [4.78, 5) is 30.0. The number of nitro groups is 1. The highest BCUT2D eigenvalue weighted by Crippen LogP contribution is 2.32. The standard InChI is InChI=1S/C18H30N6O3/c1-4-15-17(24(26)27)18(20(3)19-15)22-11-9-21(10-12-22)13-16(25)23-8-6-5-7-14(23)2/h14H,4-13H2,1-3H3. The van der Waals surface area contributed by atoms with Gasteiger partial charge in [0.15, 0.2) is 0 Å². The highest BCUT2D eigenvalue weighted by atomic mass is 16.6. The zero-order valence-electron chi connectivity index (χ0n) is 16.6. The molecule has 9 heteroatoms. The Bertz CT molecular complexity index is 696. The number of piperazine rings is 1. The molecular formula is C18H30N6O3. The number of amides is 1. The fourth-order valence-electron chi connectivity index (χ4n) is 4.21. The van der Waals surface area contributed by atoms with Gasteiger partial charge in [-0.3, -0.25) is 19.8 Å². The molecule has 9 nitrogen and oxygen atoms in total. The summed E-state index contributed by atoms with van der Waals surface area (Å²) in [6, 6.07) is 0.331. The lowest BCUT2D eigenvalue weighted by atomic mass is 10.0. The summed E-state index contributed by atoms with van der Waals surface area (Å²) in [7, 11) is 1.76. The molecule has 3 heterocycles. The Balaban J connectivity index is 1.62. The molecule has 0 N–H and O–H groups in total. The van der Waals surface area contributed by atoms with Crippen LogP contribution in [0.3, 0.4) is 0 Å². The average molecular weight is 378 g/mol. The van der Waals surface area contributed by atoms with Crippen LogP contribution in [0.25, 0.3) is 0 Å². The van der Waals surface area contributed by atoms with Crippen molar-refractivity contribution < 1.29 is 9.72 Å². The number of likely N-dealkylation sites (tertiary alicyclic amines) is 1. The van der Waals surface area contributed by atoms with E-state index in [0.717, 1.165) is 32.5 Å². The van der Waals surface area contributed by atoms with E-state index in [-0.39, 0.29) is 16.5 Å². The van der Waals surface area contributed by atoms with Gasteiger partial charge < -0.3 is 9.80 Å². The maximum absolute atomic E-state index is 12.6. The van der Waals surface area contributed by atoms with Gasteiger partial charge in [0.2, 0.25) is 11.7 Å². The predicted octanol–water partition coefficient (Wildman–Crippen LogP) is 1.41. The Labute approximate surface area is 160 Å². The summed E-state index contributed by atoms with van der Waals surface area (Å²) in [6.45, 7) is 8.06. The number of nitrogens with zero attached hydrogens (tertiary/aromatic N) is 6. The quantitative estimate of drug-likeness (QED) is 0.569. The second-order valence-corrected chi connectivity index (χ2v) is 7.55. The first kappa shape index (κ1) is 19.6. The molecule has 1 unspecified atom stereocenters. The van der Waals surface area contributed by atoms with Crippen molar-refractivity contribution in [3.63, 3.8) is 0 Å². The van der Waals surface area contributed by atoms with Crippen LogP contribution >= 0.6 is 0 Å². The fourth-order valence-corrected chi connectivity index (χ4v) is 4.21. The minimum Gasteiger partial charge on any atom is -0.349 e. The van der Waals surface area contributed by atoms with Crippen molar-refractivity contribution in [3.8, 4) is 0 Å². The van der Waals surface area contributed by atoms with Crippen LogP contribution in [0.2, 0.25) is 0 Å². The average Bonchev–Trinajstić information content (AvgIpc) is 2.99.